The molecular weight excluding hydrogens is 332 g/mol. The van der Waals surface area contributed by atoms with Crippen molar-refractivity contribution in [2.24, 2.45) is 0 Å². The molecular formula is C17H17BrO3. The zero-order chi connectivity index (χ0) is 15.4. The number of ether oxygens (including phenoxy) is 1. The molecule has 0 bridgehead atoms. The van der Waals surface area contributed by atoms with Crippen molar-refractivity contribution in [1.29, 1.82) is 0 Å². The maximum atomic E-state index is 10.9. The highest BCUT2D eigenvalue weighted by Crippen LogP contribution is 2.35. The topological polar surface area (TPSA) is 46.5 Å². The number of carboxylic acid groups (broad SMARTS) is 1. The van der Waals surface area contributed by atoms with E-state index in [4.69, 9.17) is 9.84 Å². The molecule has 21 heavy (non-hydrogen) atoms. The van der Waals surface area contributed by atoms with E-state index in [0.717, 1.165) is 17.7 Å². The summed E-state index contributed by atoms with van der Waals surface area (Å²) in [4.78, 5) is 10.9. The Balaban J connectivity index is 2.33. The summed E-state index contributed by atoms with van der Waals surface area (Å²) in [7, 11) is 0. The smallest absolute Gasteiger partial charge is 0.335 e. The standard InChI is InChI=1S/C17H17BrO3/c1-3-11(2)13-6-4-5-7-15(13)21-16-9-8-12(17(19)20)10-14(16)18/h4-11H,3H2,1-2H3,(H,19,20). The Hall–Kier alpha value is -1.81. The minimum Gasteiger partial charge on any atom is -0.478 e. The van der Waals surface area contributed by atoms with Gasteiger partial charge in [0.25, 0.3) is 0 Å². The van der Waals surface area contributed by atoms with Crippen molar-refractivity contribution in [3.63, 3.8) is 0 Å². The molecule has 0 aliphatic heterocycles. The molecule has 1 unspecified atom stereocenters. The molecule has 0 aliphatic rings. The van der Waals surface area contributed by atoms with Gasteiger partial charge in [0.15, 0.2) is 0 Å². The summed E-state index contributed by atoms with van der Waals surface area (Å²) >= 11 is 3.36. The second-order valence-corrected chi connectivity index (χ2v) is 5.75. The lowest BCUT2D eigenvalue weighted by Gasteiger charge is -2.16. The summed E-state index contributed by atoms with van der Waals surface area (Å²) in [5.74, 6) is 0.854. The Labute approximate surface area is 132 Å². The Kier molecular flexibility index (Phi) is 5.02. The van der Waals surface area contributed by atoms with Gasteiger partial charge < -0.3 is 9.84 Å². The number of halogens is 1. The van der Waals surface area contributed by atoms with Gasteiger partial charge in [0, 0.05) is 0 Å². The molecule has 3 nitrogen and oxygen atoms in total. The van der Waals surface area contributed by atoms with E-state index in [0.29, 0.717) is 16.1 Å². The third-order valence-electron chi connectivity index (χ3n) is 3.46. The molecule has 2 aromatic carbocycles. The van der Waals surface area contributed by atoms with Gasteiger partial charge in [-0.05, 0) is 58.1 Å². The lowest BCUT2D eigenvalue weighted by Crippen LogP contribution is -1.98. The zero-order valence-corrected chi connectivity index (χ0v) is 13.6. The average Bonchev–Trinajstić information content (AvgIpc) is 2.49. The number of rotatable bonds is 5. The molecule has 2 rings (SSSR count). The number of hydrogen-bond acceptors (Lipinski definition) is 2. The first kappa shape index (κ1) is 15.6. The molecule has 2 aromatic rings. The predicted octanol–water partition coefficient (Wildman–Crippen LogP) is 5.45. The maximum Gasteiger partial charge on any atom is 0.335 e. The van der Waals surface area contributed by atoms with Crippen molar-refractivity contribution in [3.05, 3.63) is 58.1 Å². The highest BCUT2D eigenvalue weighted by molar-refractivity contribution is 9.10. The monoisotopic (exact) mass is 348 g/mol. The number of para-hydroxylation sites is 1. The quantitative estimate of drug-likeness (QED) is 0.780. The van der Waals surface area contributed by atoms with Crippen LogP contribution in [0.5, 0.6) is 11.5 Å². The van der Waals surface area contributed by atoms with E-state index >= 15 is 0 Å². The Bertz CT molecular complexity index is 652. The molecule has 0 amide bonds. The van der Waals surface area contributed by atoms with Crippen LogP contribution in [0.4, 0.5) is 0 Å². The van der Waals surface area contributed by atoms with Crippen molar-refractivity contribution in [2.75, 3.05) is 0 Å². The fourth-order valence-corrected chi connectivity index (χ4v) is 2.50. The molecule has 4 heteroatoms. The van der Waals surface area contributed by atoms with Crippen molar-refractivity contribution in [3.8, 4) is 11.5 Å². The van der Waals surface area contributed by atoms with E-state index in [1.165, 1.54) is 6.07 Å². The van der Waals surface area contributed by atoms with Gasteiger partial charge in [0.05, 0.1) is 10.0 Å². The molecule has 110 valence electrons. The van der Waals surface area contributed by atoms with Gasteiger partial charge in [-0.15, -0.1) is 0 Å². The van der Waals surface area contributed by atoms with Gasteiger partial charge in [-0.25, -0.2) is 4.79 Å². The third-order valence-corrected chi connectivity index (χ3v) is 4.08. The first-order valence-electron chi connectivity index (χ1n) is 6.82. The Morgan fingerprint density at radius 3 is 2.57 bits per heavy atom. The molecule has 0 fully saturated rings. The van der Waals surface area contributed by atoms with Crippen molar-refractivity contribution >= 4 is 21.9 Å². The highest BCUT2D eigenvalue weighted by atomic mass is 79.9. The molecule has 0 radical (unpaired) electrons. The van der Waals surface area contributed by atoms with Gasteiger partial charge >= 0.3 is 5.97 Å². The number of carboxylic acids is 1. The van der Waals surface area contributed by atoms with Crippen LogP contribution in [0.15, 0.2) is 46.9 Å². The van der Waals surface area contributed by atoms with Gasteiger partial charge in [-0.3, -0.25) is 0 Å². The van der Waals surface area contributed by atoms with Gasteiger partial charge in [0.2, 0.25) is 0 Å². The van der Waals surface area contributed by atoms with Gasteiger partial charge in [-0.2, -0.15) is 0 Å². The van der Waals surface area contributed by atoms with E-state index in [2.05, 4.69) is 35.8 Å². The third kappa shape index (κ3) is 3.64. The highest BCUT2D eigenvalue weighted by Gasteiger charge is 2.13. The van der Waals surface area contributed by atoms with E-state index in [1.54, 1.807) is 12.1 Å². The molecule has 1 N–H and O–H groups in total. The van der Waals surface area contributed by atoms with E-state index in [9.17, 15) is 4.79 Å². The van der Waals surface area contributed by atoms with Gasteiger partial charge in [-0.1, -0.05) is 32.0 Å². The minimum atomic E-state index is -0.956. The lowest BCUT2D eigenvalue weighted by molar-refractivity contribution is 0.0697. The number of benzene rings is 2. The number of carbonyl (C=O) groups is 1. The number of hydrogen-bond donors (Lipinski definition) is 1. The summed E-state index contributed by atoms with van der Waals surface area (Å²) in [6.45, 7) is 4.30. The summed E-state index contributed by atoms with van der Waals surface area (Å²) in [6.07, 6.45) is 1.03. The van der Waals surface area contributed by atoms with Crippen molar-refractivity contribution in [1.82, 2.24) is 0 Å². The van der Waals surface area contributed by atoms with Crippen LogP contribution in [0.1, 0.15) is 42.1 Å². The van der Waals surface area contributed by atoms with E-state index in [1.807, 2.05) is 18.2 Å². The van der Waals surface area contributed by atoms with Crippen LogP contribution in [0, 0.1) is 0 Å². The molecule has 0 heterocycles. The van der Waals surface area contributed by atoms with Crippen LogP contribution in [-0.4, -0.2) is 11.1 Å². The average molecular weight is 349 g/mol. The first-order chi connectivity index (χ1) is 10.0. The largest absolute Gasteiger partial charge is 0.478 e. The van der Waals surface area contributed by atoms with E-state index in [-0.39, 0.29) is 5.56 Å². The van der Waals surface area contributed by atoms with Crippen LogP contribution in [0.25, 0.3) is 0 Å². The predicted molar refractivity (Wildman–Crippen MR) is 86.3 cm³/mol. The molecule has 0 aliphatic carbocycles. The fraction of sp³-hybridized carbons (Fsp3) is 0.235. The first-order valence-corrected chi connectivity index (χ1v) is 7.61. The van der Waals surface area contributed by atoms with Crippen LogP contribution in [0.2, 0.25) is 0 Å². The Morgan fingerprint density at radius 2 is 1.95 bits per heavy atom. The lowest BCUT2D eigenvalue weighted by atomic mass is 9.98. The molecule has 0 spiro atoms. The zero-order valence-electron chi connectivity index (χ0n) is 12.0. The van der Waals surface area contributed by atoms with Crippen molar-refractivity contribution < 1.29 is 14.6 Å². The molecule has 0 aromatic heterocycles. The SMILES string of the molecule is CCC(C)c1ccccc1Oc1ccc(C(=O)O)cc1Br. The molecule has 0 saturated carbocycles. The van der Waals surface area contributed by atoms with Gasteiger partial charge in [0.1, 0.15) is 11.5 Å². The van der Waals surface area contributed by atoms with Crippen LogP contribution < -0.4 is 4.74 Å². The van der Waals surface area contributed by atoms with E-state index < -0.39 is 5.97 Å². The maximum absolute atomic E-state index is 10.9. The van der Waals surface area contributed by atoms with Crippen LogP contribution >= 0.6 is 15.9 Å². The summed E-state index contributed by atoms with van der Waals surface area (Å²) in [6, 6.07) is 12.7. The minimum absolute atomic E-state index is 0.226. The number of aromatic carboxylic acids is 1. The normalized spacial score (nSPS) is 12.0. The van der Waals surface area contributed by atoms with Crippen LogP contribution in [-0.2, 0) is 0 Å². The van der Waals surface area contributed by atoms with Crippen LogP contribution in [0.3, 0.4) is 0 Å². The summed E-state index contributed by atoms with van der Waals surface area (Å²) in [5, 5.41) is 8.98. The second-order valence-electron chi connectivity index (χ2n) is 4.90. The molecule has 1 atom stereocenters. The fourth-order valence-electron chi connectivity index (χ4n) is 2.04. The second kappa shape index (κ2) is 6.76. The summed E-state index contributed by atoms with van der Waals surface area (Å²) in [5.41, 5.74) is 1.37. The molecule has 0 saturated heterocycles. The summed E-state index contributed by atoms with van der Waals surface area (Å²) < 4.78 is 6.58. The van der Waals surface area contributed by atoms with Crippen molar-refractivity contribution in [2.45, 2.75) is 26.2 Å². The Morgan fingerprint density at radius 1 is 1.24 bits per heavy atom.